The summed E-state index contributed by atoms with van der Waals surface area (Å²) in [6.45, 7) is 14.8. The third kappa shape index (κ3) is 5.18. The first kappa shape index (κ1) is 17.7. The maximum absolute atomic E-state index is 12.2. The predicted molar refractivity (Wildman–Crippen MR) is 81.6 cm³/mol. The van der Waals surface area contributed by atoms with Crippen LogP contribution >= 0.6 is 0 Å². The van der Waals surface area contributed by atoms with Crippen LogP contribution in [0.25, 0.3) is 0 Å². The van der Waals surface area contributed by atoms with Crippen molar-refractivity contribution in [3.63, 3.8) is 0 Å². The highest BCUT2D eigenvalue weighted by Crippen LogP contribution is 2.36. The lowest BCUT2D eigenvalue weighted by atomic mass is 9.97. The van der Waals surface area contributed by atoms with Gasteiger partial charge in [-0.05, 0) is 54.4 Å². The Kier molecular flexibility index (Phi) is 5.24. The van der Waals surface area contributed by atoms with Crippen molar-refractivity contribution in [3.8, 4) is 0 Å². The Morgan fingerprint density at radius 3 is 2.10 bits per heavy atom. The third-order valence-electron chi connectivity index (χ3n) is 3.46. The molecular formula is C17H28O4. The lowest BCUT2D eigenvalue weighted by Crippen LogP contribution is -2.30. The molecule has 0 saturated heterocycles. The number of carbonyl (C=O) groups excluding carboxylic acids is 2. The van der Waals surface area contributed by atoms with Crippen molar-refractivity contribution in [1.82, 2.24) is 0 Å². The molecule has 0 radical (unpaired) electrons. The van der Waals surface area contributed by atoms with Crippen LogP contribution in [-0.2, 0) is 19.1 Å². The van der Waals surface area contributed by atoms with E-state index in [-0.39, 0.29) is 29.9 Å². The lowest BCUT2D eigenvalue weighted by molar-refractivity contribution is -0.163. The molecule has 0 bridgehead atoms. The molecule has 120 valence electrons. The van der Waals surface area contributed by atoms with Gasteiger partial charge in [0.05, 0.1) is 11.3 Å². The molecular weight excluding hydrogens is 268 g/mol. The van der Waals surface area contributed by atoms with E-state index >= 15 is 0 Å². The fraction of sp³-hybridized carbons (Fsp3) is 0.765. The first-order valence-electron chi connectivity index (χ1n) is 7.50. The summed E-state index contributed by atoms with van der Waals surface area (Å²) in [5.41, 5.74) is -1.04. The van der Waals surface area contributed by atoms with E-state index in [0.717, 1.165) is 0 Å². The summed E-state index contributed by atoms with van der Waals surface area (Å²) < 4.78 is 11.0. The smallest absolute Gasteiger partial charge is 0.311 e. The number of hydrogen-bond donors (Lipinski definition) is 0. The summed E-state index contributed by atoms with van der Waals surface area (Å²) in [7, 11) is 0. The van der Waals surface area contributed by atoms with Crippen LogP contribution in [-0.4, -0.2) is 23.6 Å². The topological polar surface area (TPSA) is 52.6 Å². The highest BCUT2D eigenvalue weighted by Gasteiger charge is 2.41. The van der Waals surface area contributed by atoms with E-state index in [1.165, 1.54) is 0 Å². The van der Waals surface area contributed by atoms with Gasteiger partial charge in [-0.25, -0.2) is 0 Å². The maximum atomic E-state index is 12.2. The van der Waals surface area contributed by atoms with Gasteiger partial charge < -0.3 is 9.47 Å². The zero-order valence-electron chi connectivity index (χ0n) is 14.1. The van der Waals surface area contributed by atoms with E-state index < -0.39 is 11.0 Å². The minimum absolute atomic E-state index is 0.00817. The highest BCUT2D eigenvalue weighted by molar-refractivity contribution is 5.76. The molecule has 1 saturated carbocycles. The molecule has 0 aromatic heterocycles. The fourth-order valence-corrected chi connectivity index (χ4v) is 2.31. The van der Waals surface area contributed by atoms with E-state index in [2.05, 4.69) is 6.58 Å². The molecule has 0 aliphatic heterocycles. The Morgan fingerprint density at radius 2 is 1.67 bits per heavy atom. The summed E-state index contributed by atoms with van der Waals surface area (Å²) in [5.74, 6) is -0.688. The minimum Gasteiger partial charge on any atom is -0.461 e. The SMILES string of the molecule is C=C[C@@H]1C[C@H](C(=O)OC(C)(C)C)C[C@@H]1OC(=O)C(C)(C)C. The number of ether oxygens (including phenoxy) is 2. The summed E-state index contributed by atoms with van der Waals surface area (Å²) in [5, 5.41) is 0. The minimum atomic E-state index is -0.546. The summed E-state index contributed by atoms with van der Waals surface area (Å²) >= 11 is 0. The third-order valence-corrected chi connectivity index (χ3v) is 3.46. The molecule has 4 heteroatoms. The molecule has 21 heavy (non-hydrogen) atoms. The molecule has 1 aliphatic carbocycles. The second kappa shape index (κ2) is 6.20. The van der Waals surface area contributed by atoms with Crippen molar-refractivity contribution in [1.29, 1.82) is 0 Å². The lowest BCUT2D eigenvalue weighted by Gasteiger charge is -2.23. The van der Waals surface area contributed by atoms with Gasteiger partial charge in [0, 0.05) is 5.92 Å². The second-order valence-corrected chi connectivity index (χ2v) is 7.80. The summed E-state index contributed by atoms with van der Waals surface area (Å²) in [6, 6.07) is 0. The number of rotatable bonds is 3. The van der Waals surface area contributed by atoms with Crippen LogP contribution in [0.15, 0.2) is 12.7 Å². The molecule has 0 aromatic carbocycles. The molecule has 1 rings (SSSR count). The summed E-state index contributed by atoms with van der Waals surface area (Å²) in [4.78, 5) is 24.2. The van der Waals surface area contributed by atoms with E-state index in [0.29, 0.717) is 12.8 Å². The average Bonchev–Trinajstić information content (AvgIpc) is 2.68. The van der Waals surface area contributed by atoms with E-state index in [1.807, 2.05) is 41.5 Å². The molecule has 0 spiro atoms. The standard InChI is InChI=1S/C17H28O4/c1-8-11-9-12(14(18)21-17(5,6)7)10-13(11)20-15(19)16(2,3)4/h8,11-13H,1,9-10H2,2-7H3/t11-,12+,13+/m1/s1. The molecule has 0 unspecified atom stereocenters. The molecule has 0 N–H and O–H groups in total. The second-order valence-electron chi connectivity index (χ2n) is 7.80. The van der Waals surface area contributed by atoms with Crippen LogP contribution in [0.5, 0.6) is 0 Å². The quantitative estimate of drug-likeness (QED) is 0.591. The van der Waals surface area contributed by atoms with Crippen molar-refractivity contribution in [2.24, 2.45) is 17.3 Å². The molecule has 1 aliphatic rings. The van der Waals surface area contributed by atoms with Gasteiger partial charge in [0.15, 0.2) is 0 Å². The molecule has 0 aromatic rings. The molecule has 0 amide bonds. The van der Waals surface area contributed by atoms with Gasteiger partial charge in [-0.1, -0.05) is 6.08 Å². The molecule has 3 atom stereocenters. The predicted octanol–water partition coefficient (Wildman–Crippen LogP) is 3.50. The Hall–Kier alpha value is -1.32. The Balaban J connectivity index is 2.70. The first-order valence-corrected chi connectivity index (χ1v) is 7.50. The average molecular weight is 296 g/mol. The van der Waals surface area contributed by atoms with Gasteiger partial charge in [-0.3, -0.25) is 9.59 Å². The van der Waals surface area contributed by atoms with E-state index in [9.17, 15) is 9.59 Å². The van der Waals surface area contributed by atoms with E-state index in [4.69, 9.17) is 9.47 Å². The number of hydrogen-bond acceptors (Lipinski definition) is 4. The van der Waals surface area contributed by atoms with Crippen LogP contribution < -0.4 is 0 Å². The Bertz CT molecular complexity index is 411. The number of carbonyl (C=O) groups is 2. The van der Waals surface area contributed by atoms with Gasteiger partial charge in [0.25, 0.3) is 0 Å². The van der Waals surface area contributed by atoms with Crippen molar-refractivity contribution < 1.29 is 19.1 Å². The molecule has 4 nitrogen and oxygen atoms in total. The monoisotopic (exact) mass is 296 g/mol. The van der Waals surface area contributed by atoms with Crippen molar-refractivity contribution in [2.45, 2.75) is 66.1 Å². The maximum Gasteiger partial charge on any atom is 0.311 e. The normalized spacial score (nSPS) is 26.3. The van der Waals surface area contributed by atoms with E-state index in [1.54, 1.807) is 6.08 Å². The summed E-state index contributed by atoms with van der Waals surface area (Å²) in [6.07, 6.45) is 2.62. The first-order chi connectivity index (χ1) is 9.44. The number of esters is 2. The van der Waals surface area contributed by atoms with Gasteiger partial charge in [0.1, 0.15) is 11.7 Å². The Labute approximate surface area is 127 Å². The van der Waals surface area contributed by atoms with Crippen molar-refractivity contribution in [2.75, 3.05) is 0 Å². The van der Waals surface area contributed by atoms with Gasteiger partial charge >= 0.3 is 11.9 Å². The van der Waals surface area contributed by atoms with Crippen LogP contribution in [0.4, 0.5) is 0 Å². The van der Waals surface area contributed by atoms with Crippen molar-refractivity contribution >= 4 is 11.9 Å². The fourth-order valence-electron chi connectivity index (χ4n) is 2.31. The van der Waals surface area contributed by atoms with Crippen molar-refractivity contribution in [3.05, 3.63) is 12.7 Å². The van der Waals surface area contributed by atoms with Gasteiger partial charge in [0.2, 0.25) is 0 Å². The van der Waals surface area contributed by atoms with Crippen LogP contribution in [0, 0.1) is 17.3 Å². The zero-order chi connectivity index (χ0) is 16.4. The van der Waals surface area contributed by atoms with Gasteiger partial charge in [-0.15, -0.1) is 6.58 Å². The molecule has 1 fully saturated rings. The van der Waals surface area contributed by atoms with Crippen LogP contribution in [0.2, 0.25) is 0 Å². The molecule has 0 heterocycles. The zero-order valence-corrected chi connectivity index (χ0v) is 14.1. The van der Waals surface area contributed by atoms with Gasteiger partial charge in [-0.2, -0.15) is 0 Å². The van der Waals surface area contributed by atoms with Crippen LogP contribution in [0.3, 0.4) is 0 Å². The largest absolute Gasteiger partial charge is 0.461 e. The Morgan fingerprint density at radius 1 is 1.10 bits per heavy atom. The highest BCUT2D eigenvalue weighted by atomic mass is 16.6. The van der Waals surface area contributed by atoms with Crippen LogP contribution in [0.1, 0.15) is 54.4 Å².